The highest BCUT2D eigenvalue weighted by Crippen LogP contribution is 2.23. The summed E-state index contributed by atoms with van der Waals surface area (Å²) in [4.78, 5) is 4.14. The van der Waals surface area contributed by atoms with Crippen LogP contribution in [0.15, 0.2) is 42.7 Å². The molecule has 106 valence electrons. The van der Waals surface area contributed by atoms with E-state index in [0.29, 0.717) is 12.2 Å². The lowest BCUT2D eigenvalue weighted by Crippen LogP contribution is -2.08. The molecule has 0 aliphatic heterocycles. The Balaban J connectivity index is 2.13. The van der Waals surface area contributed by atoms with Crippen LogP contribution in [0.3, 0.4) is 0 Å². The Morgan fingerprint density at radius 2 is 1.95 bits per heavy atom. The van der Waals surface area contributed by atoms with E-state index in [1.807, 2.05) is 38.1 Å². The molecule has 3 heteroatoms. The third-order valence-electron chi connectivity index (χ3n) is 3.17. The molecule has 1 unspecified atom stereocenters. The molecule has 0 aliphatic rings. The summed E-state index contributed by atoms with van der Waals surface area (Å²) in [5.41, 5.74) is 3.12. The summed E-state index contributed by atoms with van der Waals surface area (Å²) < 4.78 is 5.61. The van der Waals surface area contributed by atoms with Crippen LogP contribution in [0.4, 0.5) is 0 Å². The summed E-state index contributed by atoms with van der Waals surface area (Å²) in [5, 5.41) is 10.4. The molecule has 0 bridgehead atoms. The molecular weight excluding hydrogens is 250 g/mol. The molecular formula is C17H21NO2. The van der Waals surface area contributed by atoms with Gasteiger partial charge in [-0.25, -0.2) is 0 Å². The highest BCUT2D eigenvalue weighted by atomic mass is 16.5. The number of aromatic nitrogens is 1. The first-order chi connectivity index (χ1) is 9.56. The maximum absolute atomic E-state index is 10.4. The van der Waals surface area contributed by atoms with Gasteiger partial charge in [-0.3, -0.25) is 4.98 Å². The van der Waals surface area contributed by atoms with Crippen LogP contribution in [0.2, 0.25) is 0 Å². The van der Waals surface area contributed by atoms with Gasteiger partial charge in [0, 0.05) is 18.2 Å². The van der Waals surface area contributed by atoms with Crippen molar-refractivity contribution in [3.63, 3.8) is 0 Å². The zero-order valence-corrected chi connectivity index (χ0v) is 12.2. The number of ether oxygens (including phenoxy) is 1. The molecule has 1 aromatic carbocycles. The number of hydrogen-bond acceptors (Lipinski definition) is 3. The molecule has 1 N–H and O–H groups in total. The average molecular weight is 271 g/mol. The molecule has 0 fully saturated rings. The maximum atomic E-state index is 10.4. The Hall–Kier alpha value is -1.87. The van der Waals surface area contributed by atoms with E-state index in [4.69, 9.17) is 4.74 Å². The van der Waals surface area contributed by atoms with Crippen molar-refractivity contribution in [2.45, 2.75) is 39.4 Å². The monoisotopic (exact) mass is 271 g/mol. The number of nitrogens with zero attached hydrogens (tertiary/aromatic N) is 1. The Labute approximate surface area is 120 Å². The van der Waals surface area contributed by atoms with E-state index in [0.717, 1.165) is 11.1 Å². The minimum atomic E-state index is -0.570. The molecule has 0 aliphatic carbocycles. The fourth-order valence-corrected chi connectivity index (χ4v) is 2.12. The molecule has 0 amide bonds. The van der Waals surface area contributed by atoms with Crippen LogP contribution >= 0.6 is 0 Å². The Kier molecular flexibility index (Phi) is 4.74. The molecule has 20 heavy (non-hydrogen) atoms. The van der Waals surface area contributed by atoms with Crippen molar-refractivity contribution in [2.75, 3.05) is 0 Å². The van der Waals surface area contributed by atoms with E-state index in [-0.39, 0.29) is 6.10 Å². The quantitative estimate of drug-likeness (QED) is 0.905. The topological polar surface area (TPSA) is 42.4 Å². The molecule has 2 rings (SSSR count). The van der Waals surface area contributed by atoms with Gasteiger partial charge in [0.15, 0.2) is 0 Å². The Bertz CT molecular complexity index is 566. The van der Waals surface area contributed by atoms with E-state index < -0.39 is 6.10 Å². The molecule has 0 saturated heterocycles. The fourth-order valence-electron chi connectivity index (χ4n) is 2.12. The molecule has 0 saturated carbocycles. The molecule has 3 nitrogen and oxygen atoms in total. The average Bonchev–Trinajstić information content (AvgIpc) is 2.41. The summed E-state index contributed by atoms with van der Waals surface area (Å²) in [6, 6.07) is 9.95. The highest BCUT2D eigenvalue weighted by molar-refractivity contribution is 5.30. The van der Waals surface area contributed by atoms with Gasteiger partial charge < -0.3 is 9.84 Å². The summed E-state index contributed by atoms with van der Waals surface area (Å²) in [6.07, 6.45) is 3.47. The van der Waals surface area contributed by atoms with Crippen LogP contribution in [0.5, 0.6) is 5.75 Å². The van der Waals surface area contributed by atoms with Crippen molar-refractivity contribution >= 4 is 0 Å². The van der Waals surface area contributed by atoms with Gasteiger partial charge in [-0.2, -0.15) is 0 Å². The second kappa shape index (κ2) is 6.53. The van der Waals surface area contributed by atoms with Gasteiger partial charge in [0.05, 0.1) is 18.4 Å². The first-order valence-corrected chi connectivity index (χ1v) is 6.90. The second-order valence-corrected chi connectivity index (χ2v) is 5.27. The standard InChI is InChI=1S/C17H21NO2/c1-12(2)20-16-8-15(10-18-11-16)17(19)9-14-7-5-4-6-13(14)3/h4-8,10-12,17,19H,9H2,1-3H3. The van der Waals surface area contributed by atoms with Crippen LogP contribution in [-0.2, 0) is 6.42 Å². The van der Waals surface area contributed by atoms with Gasteiger partial charge in [-0.05, 0) is 38.0 Å². The van der Waals surface area contributed by atoms with Crippen LogP contribution < -0.4 is 4.74 Å². The molecule has 0 radical (unpaired) electrons. The summed E-state index contributed by atoms with van der Waals surface area (Å²) >= 11 is 0. The molecule has 1 atom stereocenters. The summed E-state index contributed by atoms with van der Waals surface area (Å²) in [7, 11) is 0. The third-order valence-corrected chi connectivity index (χ3v) is 3.17. The van der Waals surface area contributed by atoms with Crippen molar-refractivity contribution in [3.05, 3.63) is 59.4 Å². The molecule has 1 heterocycles. The van der Waals surface area contributed by atoms with E-state index in [1.165, 1.54) is 5.56 Å². The zero-order chi connectivity index (χ0) is 14.5. The summed E-state index contributed by atoms with van der Waals surface area (Å²) in [5.74, 6) is 0.696. The smallest absolute Gasteiger partial charge is 0.138 e. The summed E-state index contributed by atoms with van der Waals surface area (Å²) in [6.45, 7) is 5.99. The minimum absolute atomic E-state index is 0.0977. The fraction of sp³-hybridized carbons (Fsp3) is 0.353. The third kappa shape index (κ3) is 3.81. The van der Waals surface area contributed by atoms with Crippen molar-refractivity contribution in [2.24, 2.45) is 0 Å². The number of aryl methyl sites for hydroxylation is 1. The number of rotatable bonds is 5. The van der Waals surface area contributed by atoms with Gasteiger partial charge in [0.1, 0.15) is 5.75 Å². The minimum Gasteiger partial charge on any atom is -0.489 e. The van der Waals surface area contributed by atoms with E-state index in [9.17, 15) is 5.11 Å². The number of aliphatic hydroxyl groups excluding tert-OH is 1. The Morgan fingerprint density at radius 3 is 2.65 bits per heavy atom. The predicted molar refractivity (Wildman–Crippen MR) is 79.8 cm³/mol. The highest BCUT2D eigenvalue weighted by Gasteiger charge is 2.12. The van der Waals surface area contributed by atoms with Gasteiger partial charge in [0.2, 0.25) is 0 Å². The molecule has 0 spiro atoms. The van der Waals surface area contributed by atoms with Crippen molar-refractivity contribution in [1.82, 2.24) is 4.98 Å². The number of hydrogen-bond donors (Lipinski definition) is 1. The SMILES string of the molecule is Cc1ccccc1CC(O)c1cncc(OC(C)C)c1. The molecule has 2 aromatic rings. The van der Waals surface area contributed by atoms with E-state index >= 15 is 0 Å². The number of benzene rings is 1. The van der Waals surface area contributed by atoms with Crippen LogP contribution in [-0.4, -0.2) is 16.2 Å². The lowest BCUT2D eigenvalue weighted by Gasteiger charge is -2.15. The van der Waals surface area contributed by atoms with Gasteiger partial charge in [0.25, 0.3) is 0 Å². The zero-order valence-electron chi connectivity index (χ0n) is 12.2. The van der Waals surface area contributed by atoms with Crippen LogP contribution in [0, 0.1) is 6.92 Å². The van der Waals surface area contributed by atoms with Gasteiger partial charge in [-0.15, -0.1) is 0 Å². The van der Waals surface area contributed by atoms with Crippen molar-refractivity contribution < 1.29 is 9.84 Å². The normalized spacial score (nSPS) is 12.4. The lowest BCUT2D eigenvalue weighted by atomic mass is 9.99. The predicted octanol–water partition coefficient (Wildman–Crippen LogP) is 3.45. The number of pyridine rings is 1. The van der Waals surface area contributed by atoms with Crippen molar-refractivity contribution in [3.8, 4) is 5.75 Å². The van der Waals surface area contributed by atoms with Gasteiger partial charge >= 0.3 is 0 Å². The maximum Gasteiger partial charge on any atom is 0.138 e. The first kappa shape index (κ1) is 14.5. The van der Waals surface area contributed by atoms with E-state index in [2.05, 4.69) is 18.0 Å². The second-order valence-electron chi connectivity index (χ2n) is 5.27. The van der Waals surface area contributed by atoms with Gasteiger partial charge in [-0.1, -0.05) is 24.3 Å². The van der Waals surface area contributed by atoms with Crippen LogP contribution in [0.25, 0.3) is 0 Å². The largest absolute Gasteiger partial charge is 0.489 e. The number of aliphatic hydroxyl groups is 1. The first-order valence-electron chi connectivity index (χ1n) is 6.90. The van der Waals surface area contributed by atoms with E-state index in [1.54, 1.807) is 12.4 Å². The van der Waals surface area contributed by atoms with Crippen molar-refractivity contribution in [1.29, 1.82) is 0 Å². The molecule has 1 aromatic heterocycles. The van der Waals surface area contributed by atoms with Crippen LogP contribution in [0.1, 0.15) is 36.6 Å². The Morgan fingerprint density at radius 1 is 1.20 bits per heavy atom. The lowest BCUT2D eigenvalue weighted by molar-refractivity contribution is 0.176.